The Bertz CT molecular complexity index is 1200. The van der Waals surface area contributed by atoms with E-state index in [1.807, 2.05) is 62.3 Å². The Hall–Kier alpha value is -4.00. The maximum atomic E-state index is 12.6. The molecule has 2 aromatic carbocycles. The van der Waals surface area contributed by atoms with Crippen molar-refractivity contribution in [3.8, 4) is 22.9 Å². The summed E-state index contributed by atoms with van der Waals surface area (Å²) in [7, 11) is 3.85. The van der Waals surface area contributed by atoms with E-state index in [-0.39, 0.29) is 5.91 Å². The molecule has 4 aromatic rings. The van der Waals surface area contributed by atoms with Crippen molar-refractivity contribution in [3.63, 3.8) is 0 Å². The molecule has 0 saturated carbocycles. The fourth-order valence-electron chi connectivity index (χ4n) is 3.25. The third-order valence-corrected chi connectivity index (χ3v) is 4.81. The van der Waals surface area contributed by atoms with E-state index in [0.29, 0.717) is 23.9 Å². The van der Waals surface area contributed by atoms with E-state index >= 15 is 0 Å². The smallest absolute Gasteiger partial charge is 0.251 e. The van der Waals surface area contributed by atoms with Gasteiger partial charge < -0.3 is 14.6 Å². The molecule has 0 aliphatic carbocycles. The van der Waals surface area contributed by atoms with Crippen molar-refractivity contribution in [2.75, 3.05) is 19.0 Å². The minimum Gasteiger partial charge on any atom is -0.416 e. The highest BCUT2D eigenvalue weighted by Crippen LogP contribution is 2.24. The number of carbonyl (C=O) groups excluding carboxylic acids is 1. The van der Waals surface area contributed by atoms with Crippen LogP contribution < -0.4 is 10.2 Å². The molecule has 0 aliphatic heterocycles. The predicted octanol–water partition coefficient (Wildman–Crippen LogP) is 4.10. The molecule has 1 N–H and O–H groups in total. The lowest BCUT2D eigenvalue weighted by atomic mass is 10.1. The Morgan fingerprint density at radius 3 is 2.42 bits per heavy atom. The first-order valence-corrected chi connectivity index (χ1v) is 9.91. The molecule has 0 atom stereocenters. The molecule has 2 aromatic heterocycles. The van der Waals surface area contributed by atoms with Gasteiger partial charge in [-0.15, -0.1) is 10.2 Å². The molecule has 0 fully saturated rings. The van der Waals surface area contributed by atoms with Gasteiger partial charge in [0.15, 0.2) is 0 Å². The molecular weight excluding hydrogens is 390 g/mol. The Kier molecular flexibility index (Phi) is 5.75. The molecule has 1 amide bonds. The Balaban J connectivity index is 1.44. The van der Waals surface area contributed by atoms with Crippen LogP contribution in [0, 0.1) is 6.92 Å². The van der Waals surface area contributed by atoms with Gasteiger partial charge in [-0.25, -0.2) is 4.98 Å². The molecule has 0 saturated heterocycles. The normalized spacial score (nSPS) is 10.7. The van der Waals surface area contributed by atoms with Gasteiger partial charge in [-0.1, -0.05) is 23.8 Å². The van der Waals surface area contributed by atoms with Crippen molar-refractivity contribution in [3.05, 3.63) is 83.6 Å². The van der Waals surface area contributed by atoms with Gasteiger partial charge in [-0.2, -0.15) is 0 Å². The Morgan fingerprint density at radius 1 is 0.968 bits per heavy atom. The van der Waals surface area contributed by atoms with Crippen LogP contribution in [0.1, 0.15) is 21.5 Å². The van der Waals surface area contributed by atoms with Gasteiger partial charge >= 0.3 is 0 Å². The maximum Gasteiger partial charge on any atom is 0.251 e. The minimum atomic E-state index is -0.161. The van der Waals surface area contributed by atoms with Crippen molar-refractivity contribution < 1.29 is 9.21 Å². The number of hydrogen-bond donors (Lipinski definition) is 1. The SMILES string of the molecule is Cc1cccc(-c2nnc(-c3ccc(C(=O)NCc4cccnc4N(C)C)cc3)o2)c1. The Labute approximate surface area is 180 Å². The van der Waals surface area contributed by atoms with Crippen LogP contribution >= 0.6 is 0 Å². The van der Waals surface area contributed by atoms with E-state index in [4.69, 9.17) is 4.42 Å². The summed E-state index contributed by atoms with van der Waals surface area (Å²) >= 11 is 0. The standard InChI is InChI=1S/C24H23N5O2/c1-16-6-4-7-19(14-16)24-28-27-23(31-24)18-11-9-17(10-12-18)22(30)26-15-20-8-5-13-25-21(20)29(2)3/h4-14H,15H2,1-3H3,(H,26,30). The van der Waals surface area contributed by atoms with E-state index in [1.54, 1.807) is 30.5 Å². The number of nitrogens with zero attached hydrogens (tertiary/aromatic N) is 4. The van der Waals surface area contributed by atoms with Crippen LogP contribution in [-0.4, -0.2) is 35.2 Å². The molecule has 2 heterocycles. The van der Waals surface area contributed by atoms with Gasteiger partial charge in [0.1, 0.15) is 5.82 Å². The van der Waals surface area contributed by atoms with Gasteiger partial charge in [-0.05, 0) is 49.4 Å². The Morgan fingerprint density at radius 2 is 1.71 bits per heavy atom. The molecule has 156 valence electrons. The first-order chi connectivity index (χ1) is 15.0. The van der Waals surface area contributed by atoms with Crippen LogP contribution in [0.5, 0.6) is 0 Å². The molecule has 7 heteroatoms. The van der Waals surface area contributed by atoms with E-state index in [1.165, 1.54) is 0 Å². The number of pyridine rings is 1. The molecule has 0 bridgehead atoms. The van der Waals surface area contributed by atoms with Gasteiger partial charge in [0.05, 0.1) is 0 Å². The lowest BCUT2D eigenvalue weighted by Crippen LogP contribution is -2.24. The van der Waals surface area contributed by atoms with Crippen LogP contribution in [0.4, 0.5) is 5.82 Å². The van der Waals surface area contributed by atoms with E-state index < -0.39 is 0 Å². The highest BCUT2D eigenvalue weighted by molar-refractivity contribution is 5.94. The van der Waals surface area contributed by atoms with Crippen molar-refractivity contribution in [2.45, 2.75) is 13.5 Å². The van der Waals surface area contributed by atoms with Crippen molar-refractivity contribution >= 4 is 11.7 Å². The third-order valence-electron chi connectivity index (χ3n) is 4.81. The average Bonchev–Trinajstić information content (AvgIpc) is 3.28. The lowest BCUT2D eigenvalue weighted by molar-refractivity contribution is 0.0951. The topological polar surface area (TPSA) is 84.2 Å². The molecule has 7 nitrogen and oxygen atoms in total. The first kappa shape index (κ1) is 20.3. The van der Waals surface area contributed by atoms with Gasteiger partial charge in [0, 0.05) is 49.1 Å². The fraction of sp³-hybridized carbons (Fsp3) is 0.167. The largest absolute Gasteiger partial charge is 0.416 e. The number of benzene rings is 2. The number of carbonyl (C=O) groups is 1. The number of rotatable bonds is 6. The number of aryl methyl sites for hydroxylation is 1. The first-order valence-electron chi connectivity index (χ1n) is 9.91. The summed E-state index contributed by atoms with van der Waals surface area (Å²) in [6.07, 6.45) is 1.74. The second-order valence-corrected chi connectivity index (χ2v) is 7.42. The van der Waals surface area contributed by atoms with Crippen molar-refractivity contribution in [1.29, 1.82) is 0 Å². The third kappa shape index (κ3) is 4.61. The van der Waals surface area contributed by atoms with Crippen molar-refractivity contribution in [1.82, 2.24) is 20.5 Å². The summed E-state index contributed by atoms with van der Waals surface area (Å²) in [6.45, 7) is 2.41. The van der Waals surface area contributed by atoms with Gasteiger partial charge in [-0.3, -0.25) is 4.79 Å². The molecule has 31 heavy (non-hydrogen) atoms. The molecule has 0 spiro atoms. The number of hydrogen-bond acceptors (Lipinski definition) is 6. The van der Waals surface area contributed by atoms with Crippen LogP contribution in [0.3, 0.4) is 0 Å². The molecule has 0 unspecified atom stereocenters. The van der Waals surface area contributed by atoms with E-state index in [0.717, 1.165) is 28.1 Å². The number of nitrogens with one attached hydrogen (secondary N) is 1. The molecular formula is C24H23N5O2. The van der Waals surface area contributed by atoms with Crippen LogP contribution in [0.2, 0.25) is 0 Å². The monoisotopic (exact) mass is 413 g/mol. The summed E-state index contributed by atoms with van der Waals surface area (Å²) in [5.74, 6) is 1.55. The average molecular weight is 413 g/mol. The number of amides is 1. The highest BCUT2D eigenvalue weighted by Gasteiger charge is 2.13. The van der Waals surface area contributed by atoms with E-state index in [2.05, 4.69) is 20.5 Å². The van der Waals surface area contributed by atoms with Gasteiger partial charge in [0.25, 0.3) is 5.91 Å². The fourth-order valence-corrected chi connectivity index (χ4v) is 3.25. The summed E-state index contributed by atoms with van der Waals surface area (Å²) in [6, 6.07) is 18.8. The second kappa shape index (κ2) is 8.79. The zero-order chi connectivity index (χ0) is 21.8. The highest BCUT2D eigenvalue weighted by atomic mass is 16.4. The summed E-state index contributed by atoms with van der Waals surface area (Å²) in [5, 5.41) is 11.2. The molecule has 0 aliphatic rings. The van der Waals surface area contributed by atoms with Crippen LogP contribution in [-0.2, 0) is 6.54 Å². The second-order valence-electron chi connectivity index (χ2n) is 7.42. The maximum absolute atomic E-state index is 12.6. The van der Waals surface area contributed by atoms with Crippen LogP contribution in [0.15, 0.2) is 71.3 Å². The zero-order valence-electron chi connectivity index (χ0n) is 17.7. The summed E-state index contributed by atoms with van der Waals surface area (Å²) in [5.41, 5.74) is 4.26. The minimum absolute atomic E-state index is 0.161. The van der Waals surface area contributed by atoms with Crippen molar-refractivity contribution in [2.24, 2.45) is 0 Å². The quantitative estimate of drug-likeness (QED) is 0.512. The lowest BCUT2D eigenvalue weighted by Gasteiger charge is -2.16. The summed E-state index contributed by atoms with van der Waals surface area (Å²) < 4.78 is 5.82. The number of anilines is 1. The van der Waals surface area contributed by atoms with E-state index in [9.17, 15) is 4.79 Å². The van der Waals surface area contributed by atoms with Crippen LogP contribution in [0.25, 0.3) is 22.9 Å². The predicted molar refractivity (Wildman–Crippen MR) is 120 cm³/mol. The number of aromatic nitrogens is 3. The molecule has 0 radical (unpaired) electrons. The molecule has 4 rings (SSSR count). The summed E-state index contributed by atoms with van der Waals surface area (Å²) in [4.78, 5) is 18.8. The zero-order valence-corrected chi connectivity index (χ0v) is 17.7. The van der Waals surface area contributed by atoms with Gasteiger partial charge in [0.2, 0.25) is 11.8 Å².